The van der Waals surface area contributed by atoms with E-state index < -0.39 is 0 Å². The Morgan fingerprint density at radius 3 is 2.67 bits per heavy atom. The summed E-state index contributed by atoms with van der Waals surface area (Å²) in [5.74, 6) is 0.749. The molecule has 2 nitrogen and oxygen atoms in total. The molecule has 2 heteroatoms. The van der Waals surface area contributed by atoms with Gasteiger partial charge in [-0.1, -0.05) is 39.5 Å². The van der Waals surface area contributed by atoms with Crippen LogP contribution in [0, 0.1) is 0 Å². The monoisotopic (exact) mass is 207 g/mol. The fourth-order valence-corrected chi connectivity index (χ4v) is 1.71. The maximum atomic E-state index is 9.12. The van der Waals surface area contributed by atoms with Gasteiger partial charge in [0.2, 0.25) is 0 Å². The highest BCUT2D eigenvalue weighted by Gasteiger charge is 2.06. The summed E-state index contributed by atoms with van der Waals surface area (Å²) in [7, 11) is 0. The van der Waals surface area contributed by atoms with Crippen molar-refractivity contribution in [1.82, 2.24) is 4.98 Å². The molecule has 0 amide bonds. The molecule has 0 aliphatic rings. The average molecular weight is 207 g/mol. The highest BCUT2D eigenvalue weighted by molar-refractivity contribution is 5.19. The molecule has 1 aromatic rings. The summed E-state index contributed by atoms with van der Waals surface area (Å²) in [4.78, 5) is 4.23. The number of rotatable bonds is 6. The highest BCUT2D eigenvalue weighted by atomic mass is 16.3. The van der Waals surface area contributed by atoms with Crippen molar-refractivity contribution in [2.75, 3.05) is 0 Å². The quantitative estimate of drug-likeness (QED) is 0.718. The lowest BCUT2D eigenvalue weighted by molar-refractivity contribution is 0.471. The van der Waals surface area contributed by atoms with E-state index in [0.717, 1.165) is 5.69 Å². The molecule has 84 valence electrons. The molecule has 0 aromatic carbocycles. The van der Waals surface area contributed by atoms with Gasteiger partial charge in [0, 0.05) is 5.69 Å². The first kappa shape index (κ1) is 12.0. The van der Waals surface area contributed by atoms with Crippen LogP contribution in [0.25, 0.3) is 0 Å². The van der Waals surface area contributed by atoms with E-state index in [0.29, 0.717) is 5.92 Å². The lowest BCUT2D eigenvalue weighted by Crippen LogP contribution is -1.96. The van der Waals surface area contributed by atoms with E-state index in [1.165, 1.54) is 38.3 Å². The van der Waals surface area contributed by atoms with Crippen LogP contribution in [0.2, 0.25) is 0 Å². The molecule has 0 saturated carbocycles. The molecule has 0 saturated heterocycles. The zero-order valence-corrected chi connectivity index (χ0v) is 9.74. The zero-order valence-electron chi connectivity index (χ0n) is 9.74. The Balaban J connectivity index is 2.33. The van der Waals surface area contributed by atoms with Crippen molar-refractivity contribution < 1.29 is 5.11 Å². The van der Waals surface area contributed by atoms with Crippen LogP contribution in [-0.4, -0.2) is 10.1 Å². The van der Waals surface area contributed by atoms with Gasteiger partial charge < -0.3 is 5.11 Å². The Morgan fingerprint density at radius 2 is 2.07 bits per heavy atom. The van der Waals surface area contributed by atoms with E-state index >= 15 is 0 Å². The van der Waals surface area contributed by atoms with Gasteiger partial charge in [-0.2, -0.15) is 0 Å². The van der Waals surface area contributed by atoms with Gasteiger partial charge in [0.1, 0.15) is 5.75 Å². The van der Waals surface area contributed by atoms with Gasteiger partial charge in [-0.3, -0.25) is 4.98 Å². The molecule has 1 aromatic heterocycles. The molecule has 0 spiro atoms. The lowest BCUT2D eigenvalue weighted by Gasteiger charge is -2.10. The minimum atomic E-state index is 0.247. The molecule has 0 aliphatic heterocycles. The molecular formula is C13H21NO. The maximum absolute atomic E-state index is 9.12. The second-order valence-electron chi connectivity index (χ2n) is 4.19. The first-order chi connectivity index (χ1) is 7.24. The smallest absolute Gasteiger partial charge is 0.133 e. The Labute approximate surface area is 92.4 Å². The number of hydrogen-bond donors (Lipinski definition) is 1. The summed E-state index contributed by atoms with van der Waals surface area (Å²) >= 11 is 0. The number of nitrogens with zero attached hydrogens (tertiary/aromatic N) is 1. The standard InChI is InChI=1S/C13H21NO/c1-3-4-5-6-7-11(2)13-9-8-12(15)10-14-13/h8-11,15H,3-7H2,1-2H3. The van der Waals surface area contributed by atoms with Gasteiger partial charge in [-0.15, -0.1) is 0 Å². The number of pyridine rings is 1. The van der Waals surface area contributed by atoms with Crippen molar-refractivity contribution >= 4 is 0 Å². The molecule has 0 aliphatic carbocycles. The first-order valence-electron chi connectivity index (χ1n) is 5.89. The zero-order chi connectivity index (χ0) is 11.1. The van der Waals surface area contributed by atoms with Crippen LogP contribution in [0.3, 0.4) is 0 Å². The third kappa shape index (κ3) is 4.32. The summed E-state index contributed by atoms with van der Waals surface area (Å²) in [6, 6.07) is 3.63. The van der Waals surface area contributed by atoms with Crippen molar-refractivity contribution in [2.24, 2.45) is 0 Å². The normalized spacial score (nSPS) is 12.7. The maximum Gasteiger partial charge on any atom is 0.133 e. The van der Waals surface area contributed by atoms with Crippen molar-refractivity contribution in [3.63, 3.8) is 0 Å². The van der Waals surface area contributed by atoms with Crippen molar-refractivity contribution in [1.29, 1.82) is 0 Å². The fourth-order valence-electron chi connectivity index (χ4n) is 1.71. The summed E-state index contributed by atoms with van der Waals surface area (Å²) in [6.07, 6.45) is 7.92. The molecule has 1 N–H and O–H groups in total. The summed E-state index contributed by atoms with van der Waals surface area (Å²) in [6.45, 7) is 4.43. The summed E-state index contributed by atoms with van der Waals surface area (Å²) in [5, 5.41) is 9.12. The van der Waals surface area contributed by atoms with Crippen molar-refractivity contribution in [3.05, 3.63) is 24.0 Å². The van der Waals surface area contributed by atoms with Gasteiger partial charge in [0.15, 0.2) is 0 Å². The van der Waals surface area contributed by atoms with Crippen LogP contribution in [-0.2, 0) is 0 Å². The van der Waals surface area contributed by atoms with Crippen LogP contribution >= 0.6 is 0 Å². The van der Waals surface area contributed by atoms with E-state index in [4.69, 9.17) is 5.11 Å². The fraction of sp³-hybridized carbons (Fsp3) is 0.615. The van der Waals surface area contributed by atoms with Crippen LogP contribution in [0.4, 0.5) is 0 Å². The molecule has 0 bridgehead atoms. The number of hydrogen-bond acceptors (Lipinski definition) is 2. The third-order valence-corrected chi connectivity index (χ3v) is 2.77. The lowest BCUT2D eigenvalue weighted by atomic mass is 9.99. The largest absolute Gasteiger partial charge is 0.506 e. The second kappa shape index (κ2) is 6.44. The van der Waals surface area contributed by atoms with Gasteiger partial charge in [0.05, 0.1) is 6.20 Å². The Hall–Kier alpha value is -1.05. The molecule has 0 fully saturated rings. The molecule has 1 atom stereocenters. The van der Waals surface area contributed by atoms with Crippen molar-refractivity contribution in [3.8, 4) is 5.75 Å². The topological polar surface area (TPSA) is 33.1 Å². The van der Waals surface area contributed by atoms with E-state index in [9.17, 15) is 0 Å². The molecule has 1 rings (SSSR count). The number of aromatic hydroxyl groups is 1. The Bertz CT molecular complexity index is 268. The molecule has 0 radical (unpaired) electrons. The van der Waals surface area contributed by atoms with E-state index in [1.807, 2.05) is 6.07 Å². The average Bonchev–Trinajstić information content (AvgIpc) is 2.25. The number of aromatic nitrogens is 1. The molecule has 1 heterocycles. The van der Waals surface area contributed by atoms with Crippen LogP contribution < -0.4 is 0 Å². The van der Waals surface area contributed by atoms with Gasteiger partial charge in [0.25, 0.3) is 0 Å². The second-order valence-corrected chi connectivity index (χ2v) is 4.19. The predicted octanol–water partition coefficient (Wildman–Crippen LogP) is 3.86. The summed E-state index contributed by atoms with van der Waals surface area (Å²) < 4.78 is 0. The minimum absolute atomic E-state index is 0.247. The Morgan fingerprint density at radius 1 is 1.27 bits per heavy atom. The van der Waals surface area contributed by atoms with E-state index in [-0.39, 0.29) is 5.75 Å². The highest BCUT2D eigenvalue weighted by Crippen LogP contribution is 2.21. The van der Waals surface area contributed by atoms with Gasteiger partial charge >= 0.3 is 0 Å². The minimum Gasteiger partial charge on any atom is -0.506 e. The molecular weight excluding hydrogens is 186 g/mol. The van der Waals surface area contributed by atoms with Gasteiger partial charge in [-0.05, 0) is 24.5 Å². The molecule has 15 heavy (non-hydrogen) atoms. The van der Waals surface area contributed by atoms with E-state index in [1.54, 1.807) is 6.07 Å². The van der Waals surface area contributed by atoms with E-state index in [2.05, 4.69) is 18.8 Å². The molecule has 1 unspecified atom stereocenters. The van der Waals surface area contributed by atoms with Crippen molar-refractivity contribution in [2.45, 2.75) is 51.9 Å². The number of unbranched alkanes of at least 4 members (excludes halogenated alkanes) is 3. The predicted molar refractivity (Wildman–Crippen MR) is 63.1 cm³/mol. The third-order valence-electron chi connectivity index (χ3n) is 2.77. The van der Waals surface area contributed by atoms with Crippen LogP contribution in [0.15, 0.2) is 18.3 Å². The van der Waals surface area contributed by atoms with Gasteiger partial charge in [-0.25, -0.2) is 0 Å². The Kier molecular flexibility index (Phi) is 5.16. The summed E-state index contributed by atoms with van der Waals surface area (Å²) in [5.41, 5.74) is 1.09. The SMILES string of the molecule is CCCCCCC(C)c1ccc(O)cn1. The first-order valence-corrected chi connectivity index (χ1v) is 5.89. The van der Waals surface area contributed by atoms with Crippen LogP contribution in [0.1, 0.15) is 57.6 Å². The van der Waals surface area contributed by atoms with Crippen LogP contribution in [0.5, 0.6) is 5.75 Å².